The van der Waals surface area contributed by atoms with Crippen molar-refractivity contribution in [3.63, 3.8) is 0 Å². The Morgan fingerprint density at radius 3 is 2.65 bits per heavy atom. The summed E-state index contributed by atoms with van der Waals surface area (Å²) in [6.45, 7) is 4.09. The Labute approximate surface area is 156 Å². The van der Waals surface area contributed by atoms with Crippen LogP contribution in [0, 0.1) is 0 Å². The summed E-state index contributed by atoms with van der Waals surface area (Å²) >= 11 is 1.16. The molecule has 26 heavy (non-hydrogen) atoms. The Hall–Kier alpha value is -1.64. The van der Waals surface area contributed by atoms with Crippen LogP contribution in [-0.2, 0) is 13.6 Å². The topological polar surface area (TPSA) is 98.8 Å². The molecule has 0 unspecified atom stereocenters. The zero-order valence-corrected chi connectivity index (χ0v) is 16.3. The first-order valence-electron chi connectivity index (χ1n) is 8.10. The number of para-hydroxylation sites is 1. The van der Waals surface area contributed by atoms with Gasteiger partial charge >= 0.3 is 13.7 Å². The van der Waals surface area contributed by atoms with Gasteiger partial charge in [0, 0.05) is 11.6 Å². The fourth-order valence-corrected chi connectivity index (χ4v) is 4.42. The number of rotatable bonds is 10. The molecule has 8 nitrogen and oxygen atoms in total. The third kappa shape index (κ3) is 6.26. The number of hydrogen-bond acceptors (Lipinski definition) is 8. The van der Waals surface area contributed by atoms with Crippen molar-refractivity contribution < 1.29 is 23.1 Å². The van der Waals surface area contributed by atoms with E-state index in [2.05, 4.69) is 15.0 Å². The maximum Gasteiger partial charge on any atom is 0.413 e. The van der Waals surface area contributed by atoms with Crippen molar-refractivity contribution >= 4 is 36.5 Å². The molecule has 2 aromatic rings. The summed E-state index contributed by atoms with van der Waals surface area (Å²) in [5.41, 5.74) is 0.616. The van der Waals surface area contributed by atoms with Crippen LogP contribution in [0.3, 0.4) is 0 Å². The molecular weight excluding hydrogens is 377 g/mol. The second-order valence-corrected chi connectivity index (χ2v) is 7.86. The molecular formula is C16H22N3O5PS. The van der Waals surface area contributed by atoms with Gasteiger partial charge in [0.1, 0.15) is 11.8 Å². The molecule has 0 spiro atoms. The van der Waals surface area contributed by atoms with Gasteiger partial charge in [0.25, 0.3) is 0 Å². The molecule has 142 valence electrons. The maximum atomic E-state index is 12.2. The van der Waals surface area contributed by atoms with E-state index in [0.29, 0.717) is 24.5 Å². The number of pyridine rings is 1. The summed E-state index contributed by atoms with van der Waals surface area (Å²) < 4.78 is 30.7. The lowest BCUT2D eigenvalue weighted by molar-refractivity contribution is 0.203. The van der Waals surface area contributed by atoms with E-state index in [1.54, 1.807) is 32.2 Å². The zero-order chi connectivity index (χ0) is 18.8. The molecule has 0 aliphatic carbocycles. The molecule has 2 rings (SSSR count). The Morgan fingerprint density at radius 1 is 1.19 bits per heavy atom. The lowest BCUT2D eigenvalue weighted by atomic mass is 10.2. The van der Waals surface area contributed by atoms with Crippen LogP contribution in [0.25, 0.3) is 10.9 Å². The maximum absolute atomic E-state index is 12.2. The molecule has 0 radical (unpaired) electrons. The first-order valence-corrected chi connectivity index (χ1v) is 10.8. The molecule has 1 aromatic carbocycles. The summed E-state index contributed by atoms with van der Waals surface area (Å²) in [6, 6.07) is 9.07. The highest BCUT2D eigenvalue weighted by atomic mass is 32.2. The number of hydrogen-bond donors (Lipinski definition) is 2. The number of nitrogens with one attached hydrogen (secondary N) is 2. The fraction of sp³-hybridized carbons (Fsp3) is 0.375. The number of nitrogens with zero attached hydrogens (tertiary/aromatic N) is 1. The Kier molecular flexibility index (Phi) is 8.34. The number of benzene rings is 1. The summed E-state index contributed by atoms with van der Waals surface area (Å²) in [6.07, 6.45) is 1.08. The van der Waals surface area contributed by atoms with Crippen LogP contribution in [-0.4, -0.2) is 36.5 Å². The Bertz CT molecular complexity index is 761. The number of carbonyl (C=O) groups is 1. The fourth-order valence-electron chi connectivity index (χ4n) is 2.09. The van der Waals surface area contributed by atoms with E-state index < -0.39 is 13.7 Å². The van der Waals surface area contributed by atoms with E-state index in [9.17, 15) is 9.36 Å². The quantitative estimate of drug-likeness (QED) is 0.270. The second kappa shape index (κ2) is 10.5. The van der Waals surface area contributed by atoms with Crippen LogP contribution in [0.2, 0.25) is 0 Å². The van der Waals surface area contributed by atoms with Crippen LogP contribution < -0.4 is 14.8 Å². The predicted octanol–water partition coefficient (Wildman–Crippen LogP) is 3.74. The van der Waals surface area contributed by atoms with Gasteiger partial charge in [-0.15, -0.1) is 0 Å². The number of amides is 1. The lowest BCUT2D eigenvalue weighted by Crippen LogP contribution is -2.28. The van der Waals surface area contributed by atoms with Crippen LogP contribution >= 0.6 is 19.5 Å². The van der Waals surface area contributed by atoms with E-state index in [-0.39, 0.29) is 12.2 Å². The summed E-state index contributed by atoms with van der Waals surface area (Å²) in [7, 11) is -3.15. The smallest absolute Gasteiger partial charge is 0.408 e. The molecule has 0 bridgehead atoms. The third-order valence-corrected chi connectivity index (χ3v) is 5.80. The molecule has 1 aromatic heterocycles. The molecule has 0 fully saturated rings. The van der Waals surface area contributed by atoms with Gasteiger partial charge in [0.2, 0.25) is 0 Å². The van der Waals surface area contributed by atoms with Crippen LogP contribution in [0.4, 0.5) is 4.79 Å². The average molecular weight is 399 g/mol. The summed E-state index contributed by atoms with van der Waals surface area (Å²) in [5.74, 6) is 0.602. The molecule has 0 aliphatic rings. The van der Waals surface area contributed by atoms with E-state index in [1.165, 1.54) is 0 Å². The number of fused-ring (bicyclic) bond motifs is 1. The van der Waals surface area contributed by atoms with Crippen molar-refractivity contribution in [2.75, 3.05) is 25.4 Å². The van der Waals surface area contributed by atoms with Gasteiger partial charge in [-0.05, 0) is 26.0 Å². The third-order valence-electron chi connectivity index (χ3n) is 3.10. The van der Waals surface area contributed by atoms with Gasteiger partial charge in [0.15, 0.2) is 5.75 Å². The van der Waals surface area contributed by atoms with E-state index >= 15 is 0 Å². The lowest BCUT2D eigenvalue weighted by Gasteiger charge is -2.17. The van der Waals surface area contributed by atoms with Crippen molar-refractivity contribution in [1.29, 1.82) is 0 Å². The summed E-state index contributed by atoms with van der Waals surface area (Å²) in [5, 5.41) is 3.47. The highest BCUT2D eigenvalue weighted by molar-refractivity contribution is 7.97. The highest BCUT2D eigenvalue weighted by Gasteiger charge is 2.22. The van der Waals surface area contributed by atoms with E-state index in [0.717, 1.165) is 17.3 Å². The normalized spacial score (nSPS) is 11.5. The molecule has 1 amide bonds. The van der Waals surface area contributed by atoms with Crippen LogP contribution in [0.15, 0.2) is 36.5 Å². The van der Waals surface area contributed by atoms with Crippen molar-refractivity contribution in [3.05, 3.63) is 36.5 Å². The SMILES string of the molecule is CCOP(=O)(CNSCNC(=O)Oc1cccc2cccnc12)OCC. The monoisotopic (exact) mass is 399 g/mol. The minimum atomic E-state index is -3.15. The van der Waals surface area contributed by atoms with Crippen molar-refractivity contribution in [1.82, 2.24) is 15.0 Å². The first kappa shape index (κ1) is 20.7. The number of ether oxygens (including phenoxy) is 1. The van der Waals surface area contributed by atoms with Gasteiger partial charge in [-0.2, -0.15) is 0 Å². The molecule has 0 atom stereocenters. The predicted molar refractivity (Wildman–Crippen MR) is 102 cm³/mol. The highest BCUT2D eigenvalue weighted by Crippen LogP contribution is 2.46. The van der Waals surface area contributed by atoms with Gasteiger partial charge in [0.05, 0.1) is 19.1 Å². The summed E-state index contributed by atoms with van der Waals surface area (Å²) in [4.78, 5) is 16.1. The molecule has 2 N–H and O–H groups in total. The molecule has 0 aliphatic heterocycles. The second-order valence-electron chi connectivity index (χ2n) is 4.94. The largest absolute Gasteiger partial charge is 0.413 e. The van der Waals surface area contributed by atoms with Gasteiger partial charge in [-0.3, -0.25) is 14.3 Å². The van der Waals surface area contributed by atoms with Gasteiger partial charge in [-0.25, -0.2) is 4.79 Å². The minimum Gasteiger partial charge on any atom is -0.408 e. The molecule has 10 heteroatoms. The van der Waals surface area contributed by atoms with E-state index in [1.807, 2.05) is 18.2 Å². The van der Waals surface area contributed by atoms with Crippen LogP contribution in [0.1, 0.15) is 13.8 Å². The first-order chi connectivity index (χ1) is 12.6. The Balaban J connectivity index is 1.76. The molecule has 0 saturated carbocycles. The van der Waals surface area contributed by atoms with Crippen LogP contribution in [0.5, 0.6) is 5.75 Å². The minimum absolute atomic E-state index is 0.0450. The molecule has 1 heterocycles. The van der Waals surface area contributed by atoms with Crippen molar-refractivity contribution in [2.24, 2.45) is 0 Å². The van der Waals surface area contributed by atoms with Crippen molar-refractivity contribution in [3.8, 4) is 5.75 Å². The van der Waals surface area contributed by atoms with E-state index in [4.69, 9.17) is 13.8 Å². The zero-order valence-electron chi connectivity index (χ0n) is 14.6. The Morgan fingerprint density at radius 2 is 1.92 bits per heavy atom. The number of aromatic nitrogens is 1. The molecule has 0 saturated heterocycles. The average Bonchev–Trinajstić information content (AvgIpc) is 2.62. The van der Waals surface area contributed by atoms with Crippen molar-refractivity contribution in [2.45, 2.75) is 13.8 Å². The van der Waals surface area contributed by atoms with Gasteiger partial charge < -0.3 is 19.1 Å². The number of carbonyl (C=O) groups excluding carboxylic acids is 1. The van der Waals surface area contributed by atoms with Gasteiger partial charge in [-0.1, -0.05) is 30.1 Å². The standard InChI is InChI=1S/C16H22N3O5PS/c1-3-22-25(21,23-4-2)11-19-26-12-18-16(20)24-14-9-5-7-13-8-6-10-17-15(13)14/h5-10,19H,3-4,11-12H2,1-2H3,(H,18,20).